The molecule has 0 aliphatic carbocycles. The molecule has 0 spiro atoms. The number of ether oxygens (including phenoxy) is 5. The molecule has 0 radical (unpaired) electrons. The molecule has 0 bridgehead atoms. The van der Waals surface area contributed by atoms with Crippen LogP contribution in [0.4, 0.5) is 0 Å². The highest BCUT2D eigenvalue weighted by molar-refractivity contribution is 8.76. The molecule has 32 heavy (non-hydrogen) atoms. The molecule has 1 saturated heterocycles. The Balaban J connectivity index is 3.10. The fraction of sp³-hybridized carbons (Fsp3) is 0.714. The Morgan fingerprint density at radius 3 is 1.94 bits per heavy atom. The van der Waals surface area contributed by atoms with Gasteiger partial charge in [0, 0.05) is 33.4 Å². The van der Waals surface area contributed by atoms with Gasteiger partial charge in [-0.3, -0.25) is 19.2 Å². The van der Waals surface area contributed by atoms with Gasteiger partial charge in [-0.05, 0) is 12.3 Å². The first-order valence-electron chi connectivity index (χ1n) is 10.2. The van der Waals surface area contributed by atoms with Gasteiger partial charge in [-0.1, -0.05) is 47.6 Å². The molecule has 0 aromatic rings. The fourth-order valence-electron chi connectivity index (χ4n) is 2.85. The van der Waals surface area contributed by atoms with E-state index in [0.29, 0.717) is 11.7 Å². The maximum atomic E-state index is 11.8. The first-order chi connectivity index (χ1) is 15.0. The Labute approximate surface area is 196 Å². The molecule has 1 aliphatic rings. The van der Waals surface area contributed by atoms with Crippen LogP contribution in [0.3, 0.4) is 0 Å². The monoisotopic (exact) mass is 492 g/mol. The van der Waals surface area contributed by atoms with Crippen LogP contribution >= 0.6 is 21.6 Å². The molecule has 0 amide bonds. The molecule has 3 unspecified atom stereocenters. The molecule has 1 aliphatic heterocycles. The Hall–Kier alpha value is -1.72. The van der Waals surface area contributed by atoms with Crippen LogP contribution in [-0.4, -0.2) is 66.1 Å². The van der Waals surface area contributed by atoms with Crippen LogP contribution in [0.25, 0.3) is 0 Å². The van der Waals surface area contributed by atoms with Crippen LogP contribution in [-0.2, 0) is 42.9 Å². The van der Waals surface area contributed by atoms with Gasteiger partial charge in [0.15, 0.2) is 23.7 Å². The van der Waals surface area contributed by atoms with Crippen molar-refractivity contribution in [3.05, 3.63) is 12.2 Å². The molecular weight excluding hydrogens is 460 g/mol. The second-order valence-corrected chi connectivity index (χ2v) is 10.1. The number of rotatable bonds is 11. The van der Waals surface area contributed by atoms with Crippen molar-refractivity contribution in [2.45, 2.75) is 77.8 Å². The van der Waals surface area contributed by atoms with Crippen molar-refractivity contribution in [2.75, 3.05) is 12.4 Å². The van der Waals surface area contributed by atoms with Gasteiger partial charge in [0.25, 0.3) is 0 Å². The summed E-state index contributed by atoms with van der Waals surface area (Å²) < 4.78 is 27.2. The maximum Gasteiger partial charge on any atom is 0.303 e. The highest BCUT2D eigenvalue weighted by atomic mass is 33.1. The summed E-state index contributed by atoms with van der Waals surface area (Å²) in [5.74, 6) is -1.22. The van der Waals surface area contributed by atoms with Crippen LogP contribution in [0.15, 0.2) is 12.2 Å². The Morgan fingerprint density at radius 1 is 0.844 bits per heavy atom. The van der Waals surface area contributed by atoms with E-state index >= 15 is 0 Å². The van der Waals surface area contributed by atoms with Crippen LogP contribution in [0.1, 0.15) is 48.0 Å². The minimum Gasteiger partial charge on any atom is -0.463 e. The summed E-state index contributed by atoms with van der Waals surface area (Å²) in [6.45, 7) is 8.87. The van der Waals surface area contributed by atoms with E-state index in [-0.39, 0.29) is 6.61 Å². The third kappa shape index (κ3) is 10.7. The average molecular weight is 493 g/mol. The van der Waals surface area contributed by atoms with Crippen molar-refractivity contribution in [3.63, 3.8) is 0 Å². The van der Waals surface area contributed by atoms with Gasteiger partial charge < -0.3 is 23.7 Å². The molecule has 9 nitrogen and oxygen atoms in total. The van der Waals surface area contributed by atoms with Gasteiger partial charge in [0.2, 0.25) is 0 Å². The third-order valence-electron chi connectivity index (χ3n) is 4.05. The van der Waals surface area contributed by atoms with Gasteiger partial charge in [0.1, 0.15) is 12.7 Å². The number of carbonyl (C=O) groups is 4. The van der Waals surface area contributed by atoms with Crippen molar-refractivity contribution in [2.24, 2.45) is 5.92 Å². The quantitative estimate of drug-likeness (QED) is 0.139. The first kappa shape index (κ1) is 28.3. The van der Waals surface area contributed by atoms with Crippen molar-refractivity contribution in [1.29, 1.82) is 0 Å². The third-order valence-corrected chi connectivity index (χ3v) is 6.47. The van der Waals surface area contributed by atoms with Crippen molar-refractivity contribution >= 4 is 45.5 Å². The lowest BCUT2D eigenvalue weighted by molar-refractivity contribution is -0.237. The molecule has 0 aromatic heterocycles. The number of allylic oxidation sites excluding steroid dienone is 1. The van der Waals surface area contributed by atoms with E-state index in [1.165, 1.54) is 49.3 Å². The number of carbonyl (C=O) groups excluding carboxylic acids is 4. The number of hydrogen-bond acceptors (Lipinski definition) is 11. The molecule has 1 rings (SSSR count). The topological polar surface area (TPSA) is 114 Å². The maximum absolute atomic E-state index is 11.8. The molecule has 5 atom stereocenters. The predicted octanol–water partition coefficient (Wildman–Crippen LogP) is 3.05. The number of hydrogen-bond donors (Lipinski definition) is 0. The van der Waals surface area contributed by atoms with E-state index in [0.717, 1.165) is 6.42 Å². The second kappa shape index (κ2) is 14.4. The molecule has 0 N–H and O–H groups in total. The summed E-state index contributed by atoms with van der Waals surface area (Å²) in [5.41, 5.74) is -0.765. The van der Waals surface area contributed by atoms with Gasteiger partial charge in [-0.25, -0.2) is 0 Å². The zero-order chi connectivity index (χ0) is 24.3. The lowest BCUT2D eigenvalue weighted by atomic mass is 9.99. The fourth-order valence-corrected chi connectivity index (χ4v) is 5.12. The zero-order valence-electron chi connectivity index (χ0n) is 19.2. The van der Waals surface area contributed by atoms with Gasteiger partial charge in [-0.2, -0.15) is 0 Å². The molecule has 0 saturated carbocycles. The van der Waals surface area contributed by atoms with Gasteiger partial charge in [-0.15, -0.1) is 0 Å². The SMILES string of the molecule is CC(=O)OCC1O[C@@H](SSC/C=C\CC(C)C)C(OC(C)=O)C(OC(C)=O)[C@@H]1OC(C)=O. The smallest absolute Gasteiger partial charge is 0.303 e. The van der Waals surface area contributed by atoms with Crippen molar-refractivity contribution in [3.8, 4) is 0 Å². The van der Waals surface area contributed by atoms with Crippen LogP contribution < -0.4 is 0 Å². The minimum absolute atomic E-state index is 0.228. The molecular formula is C21H32O9S2. The summed E-state index contributed by atoms with van der Waals surface area (Å²) in [6.07, 6.45) is 0.857. The molecule has 11 heteroatoms. The molecule has 1 heterocycles. The standard InChI is InChI=1S/C21H32O9S2/c1-12(2)9-7-8-10-31-32-21-20(29-16(6)25)19(28-15(5)24)18(27-14(4)23)17(30-21)11-26-13(3)22/h7-8,12,17-21H,9-11H2,1-6H3/b8-7-/t17?,18-,19?,20?,21+/m1/s1. The normalized spacial score (nSPS) is 25.4. The van der Waals surface area contributed by atoms with E-state index in [1.54, 1.807) is 0 Å². The minimum atomic E-state index is -1.14. The van der Waals surface area contributed by atoms with E-state index in [4.69, 9.17) is 23.7 Å². The lowest BCUT2D eigenvalue weighted by Crippen LogP contribution is -2.61. The Morgan fingerprint density at radius 2 is 1.41 bits per heavy atom. The summed E-state index contributed by atoms with van der Waals surface area (Å²) in [4.78, 5) is 46.6. The van der Waals surface area contributed by atoms with E-state index in [9.17, 15) is 19.2 Å². The summed E-state index contributed by atoms with van der Waals surface area (Å²) in [6, 6.07) is 0. The number of esters is 4. The second-order valence-electron chi connectivity index (χ2n) is 7.55. The first-order valence-corrected chi connectivity index (χ1v) is 12.6. The highest BCUT2D eigenvalue weighted by Crippen LogP contribution is 2.39. The van der Waals surface area contributed by atoms with Gasteiger partial charge in [0.05, 0.1) is 0 Å². The largest absolute Gasteiger partial charge is 0.463 e. The van der Waals surface area contributed by atoms with Crippen LogP contribution in [0.2, 0.25) is 0 Å². The summed E-state index contributed by atoms with van der Waals surface area (Å²) >= 11 is 0. The lowest BCUT2D eigenvalue weighted by Gasteiger charge is -2.43. The van der Waals surface area contributed by atoms with E-state index < -0.39 is 53.7 Å². The Kier molecular flexibility index (Phi) is 12.8. The van der Waals surface area contributed by atoms with Crippen LogP contribution in [0.5, 0.6) is 0 Å². The predicted molar refractivity (Wildman–Crippen MR) is 121 cm³/mol. The van der Waals surface area contributed by atoms with Crippen molar-refractivity contribution in [1.82, 2.24) is 0 Å². The average Bonchev–Trinajstić information content (AvgIpc) is 2.65. The van der Waals surface area contributed by atoms with Gasteiger partial charge >= 0.3 is 23.9 Å². The van der Waals surface area contributed by atoms with Crippen molar-refractivity contribution < 1.29 is 42.9 Å². The van der Waals surface area contributed by atoms with E-state index in [2.05, 4.69) is 19.9 Å². The summed E-state index contributed by atoms with van der Waals surface area (Å²) in [7, 11) is 2.75. The van der Waals surface area contributed by atoms with Crippen LogP contribution in [0, 0.1) is 5.92 Å². The Bertz CT molecular complexity index is 680. The molecule has 0 aromatic carbocycles. The molecule has 1 fully saturated rings. The zero-order valence-corrected chi connectivity index (χ0v) is 20.9. The highest BCUT2D eigenvalue weighted by Gasteiger charge is 2.52. The summed E-state index contributed by atoms with van der Waals surface area (Å²) in [5, 5.41) is 0. The van der Waals surface area contributed by atoms with E-state index in [1.807, 2.05) is 6.08 Å². The molecule has 182 valence electrons.